The van der Waals surface area contributed by atoms with Crippen LogP contribution >= 0.6 is 0 Å². The van der Waals surface area contributed by atoms with Gasteiger partial charge in [-0.25, -0.2) is 0 Å². The molecule has 0 amide bonds. The highest BCUT2D eigenvalue weighted by Crippen LogP contribution is 1.69. The van der Waals surface area contributed by atoms with Crippen molar-refractivity contribution in [3.05, 3.63) is 5.21 Å². The van der Waals surface area contributed by atoms with Crippen LogP contribution in [0, 0.1) is 5.21 Å². The molecule has 0 aromatic rings. The van der Waals surface area contributed by atoms with Crippen LogP contribution in [0.1, 0.15) is 6.92 Å². The molecule has 4 nitrogen and oxygen atoms in total. The topological polar surface area (TPSA) is 63.1 Å². The van der Waals surface area contributed by atoms with E-state index in [4.69, 9.17) is 5.11 Å². The fourth-order valence-electron chi connectivity index (χ4n) is 0.414. The molecule has 0 aliphatic rings. The minimum Gasteiger partial charge on any atom is -0.614 e. The molecule has 0 unspecified atom stereocenters. The lowest BCUT2D eigenvalue weighted by molar-refractivity contribution is -0.752. The highest BCUT2D eigenvalue weighted by Gasteiger charge is 1.95. The molecular weight excluding hydrogens is 108 g/mol. The van der Waals surface area contributed by atoms with E-state index < -0.39 is 0 Å². The number of aliphatic hydroxyl groups is 1. The van der Waals surface area contributed by atoms with Crippen molar-refractivity contribution in [2.45, 2.75) is 6.92 Å². The highest BCUT2D eigenvalue weighted by atomic mass is 16.5. The number of likely N-dealkylation sites (N-methyl/N-ethyl adjacent to an activating group) is 1. The average molecular weight is 120 g/mol. The Morgan fingerprint density at radius 2 is 2.38 bits per heavy atom. The monoisotopic (exact) mass is 120 g/mol. The SMILES string of the molecule is CCN(CCO)[NH2+][O-]. The molecule has 0 fully saturated rings. The largest absolute Gasteiger partial charge is 0.614 e. The normalized spacial score (nSPS) is 10.5. The van der Waals surface area contributed by atoms with Crippen molar-refractivity contribution in [3.8, 4) is 0 Å². The van der Waals surface area contributed by atoms with Crippen LogP contribution in [0.4, 0.5) is 0 Å². The minimum absolute atomic E-state index is 0.0482. The van der Waals surface area contributed by atoms with Crippen molar-refractivity contribution in [1.82, 2.24) is 5.01 Å². The maximum Gasteiger partial charge on any atom is 0.0708 e. The molecule has 0 bridgehead atoms. The Morgan fingerprint density at radius 1 is 1.75 bits per heavy atom. The lowest BCUT2D eigenvalue weighted by Crippen LogP contribution is -2.88. The lowest BCUT2D eigenvalue weighted by Gasteiger charge is -2.16. The van der Waals surface area contributed by atoms with Crippen molar-refractivity contribution >= 4 is 0 Å². The summed E-state index contributed by atoms with van der Waals surface area (Å²) in [5.41, 5.74) is 0.732. The first kappa shape index (κ1) is 7.84. The molecule has 8 heavy (non-hydrogen) atoms. The summed E-state index contributed by atoms with van der Waals surface area (Å²) in [6, 6.07) is 0. The molecule has 0 saturated heterocycles. The van der Waals surface area contributed by atoms with Gasteiger partial charge in [0.05, 0.1) is 13.2 Å². The number of quaternary nitrogens is 1. The first-order valence-electron chi connectivity index (χ1n) is 2.65. The number of nitrogens with two attached hydrogens (primary N) is 1. The molecule has 0 aliphatic heterocycles. The summed E-state index contributed by atoms with van der Waals surface area (Å²) >= 11 is 0. The number of rotatable bonds is 4. The second kappa shape index (κ2) is 4.99. The Morgan fingerprint density at radius 3 is 2.50 bits per heavy atom. The van der Waals surface area contributed by atoms with Crippen molar-refractivity contribution < 1.29 is 10.7 Å². The fraction of sp³-hybridized carbons (Fsp3) is 1.00. The molecule has 0 rings (SSSR count). The highest BCUT2D eigenvalue weighted by molar-refractivity contribution is 4.34. The van der Waals surface area contributed by atoms with E-state index in [1.54, 1.807) is 0 Å². The van der Waals surface area contributed by atoms with Crippen LogP contribution in [0.3, 0.4) is 0 Å². The molecule has 0 heterocycles. The number of hydrogen-bond acceptors (Lipinski definition) is 3. The van der Waals surface area contributed by atoms with Gasteiger partial charge in [-0.2, -0.15) is 5.01 Å². The van der Waals surface area contributed by atoms with Gasteiger partial charge in [-0.3, -0.25) is 0 Å². The first-order valence-corrected chi connectivity index (χ1v) is 2.65. The zero-order chi connectivity index (χ0) is 6.41. The van der Waals surface area contributed by atoms with Gasteiger partial charge >= 0.3 is 0 Å². The standard InChI is InChI=1S/C4H12N2O2/c1-2-6(5-8)3-4-7/h7H,2-5H2,1H3. The van der Waals surface area contributed by atoms with Gasteiger partial charge < -0.3 is 15.9 Å². The summed E-state index contributed by atoms with van der Waals surface area (Å²) in [6.45, 7) is 3.03. The predicted molar refractivity (Wildman–Crippen MR) is 29.6 cm³/mol. The van der Waals surface area contributed by atoms with Gasteiger partial charge in [-0.15, -0.1) is 0 Å². The van der Waals surface area contributed by atoms with Gasteiger partial charge in [0.25, 0.3) is 0 Å². The zero-order valence-electron chi connectivity index (χ0n) is 5.00. The van der Waals surface area contributed by atoms with Crippen LogP contribution in [0.25, 0.3) is 0 Å². The summed E-state index contributed by atoms with van der Waals surface area (Å²) < 4.78 is 0. The maximum atomic E-state index is 9.94. The smallest absolute Gasteiger partial charge is 0.0708 e. The van der Waals surface area contributed by atoms with Crippen LogP contribution < -0.4 is 5.59 Å². The van der Waals surface area contributed by atoms with Crippen LogP contribution in [-0.2, 0) is 0 Å². The summed E-state index contributed by atoms with van der Waals surface area (Å²) in [4.78, 5) is 0. The second-order valence-electron chi connectivity index (χ2n) is 1.46. The quantitative estimate of drug-likeness (QED) is 0.342. The van der Waals surface area contributed by atoms with E-state index in [9.17, 15) is 5.21 Å². The summed E-state index contributed by atoms with van der Waals surface area (Å²) in [5, 5.41) is 19.7. The van der Waals surface area contributed by atoms with Crippen LogP contribution in [0.5, 0.6) is 0 Å². The van der Waals surface area contributed by atoms with Crippen molar-refractivity contribution in [3.63, 3.8) is 0 Å². The second-order valence-corrected chi connectivity index (χ2v) is 1.46. The third-order valence-corrected chi connectivity index (χ3v) is 0.942. The molecule has 0 aliphatic carbocycles. The van der Waals surface area contributed by atoms with Gasteiger partial charge in [-0.1, -0.05) is 0 Å². The molecule has 4 heteroatoms. The van der Waals surface area contributed by atoms with Crippen molar-refractivity contribution in [1.29, 1.82) is 0 Å². The van der Waals surface area contributed by atoms with Gasteiger partial charge in [0.2, 0.25) is 0 Å². The molecular formula is C4H12N2O2. The summed E-state index contributed by atoms with van der Waals surface area (Å²) in [7, 11) is 0. The number of hydrogen-bond donors (Lipinski definition) is 2. The molecule has 0 atom stereocenters. The first-order chi connectivity index (χ1) is 3.85. The van der Waals surface area contributed by atoms with E-state index in [0.717, 1.165) is 5.59 Å². The lowest BCUT2D eigenvalue weighted by atomic mass is 10.6. The van der Waals surface area contributed by atoms with Crippen molar-refractivity contribution in [2.24, 2.45) is 0 Å². The number of aliphatic hydroxyl groups excluding tert-OH is 1. The van der Waals surface area contributed by atoms with Gasteiger partial charge in [0.1, 0.15) is 0 Å². The molecule has 0 spiro atoms. The Bertz CT molecular complexity index is 47.3. The Balaban J connectivity index is 3.07. The average Bonchev–Trinajstić information content (AvgIpc) is 1.83. The van der Waals surface area contributed by atoms with E-state index >= 15 is 0 Å². The van der Waals surface area contributed by atoms with Gasteiger partial charge in [0, 0.05) is 6.54 Å². The predicted octanol–water partition coefficient (Wildman–Crippen LogP) is -1.72. The van der Waals surface area contributed by atoms with E-state index in [1.165, 1.54) is 5.01 Å². The van der Waals surface area contributed by atoms with Crippen molar-refractivity contribution in [2.75, 3.05) is 19.7 Å². The Hall–Kier alpha value is -0.160. The fourth-order valence-corrected chi connectivity index (χ4v) is 0.414. The molecule has 0 aromatic carbocycles. The minimum atomic E-state index is 0.0482. The molecule has 0 saturated carbocycles. The van der Waals surface area contributed by atoms with E-state index in [-0.39, 0.29) is 6.61 Å². The molecule has 50 valence electrons. The number of nitrogens with zero attached hydrogens (tertiary/aromatic N) is 1. The Kier molecular flexibility index (Phi) is 4.89. The van der Waals surface area contributed by atoms with Gasteiger partial charge in [-0.05, 0) is 6.92 Å². The zero-order valence-corrected chi connectivity index (χ0v) is 5.00. The van der Waals surface area contributed by atoms with Crippen LogP contribution in [0.2, 0.25) is 0 Å². The van der Waals surface area contributed by atoms with E-state index in [0.29, 0.717) is 13.1 Å². The van der Waals surface area contributed by atoms with E-state index in [2.05, 4.69) is 0 Å². The molecule has 0 radical (unpaired) electrons. The maximum absolute atomic E-state index is 9.94. The molecule has 0 aromatic heterocycles. The van der Waals surface area contributed by atoms with Crippen LogP contribution in [0.15, 0.2) is 0 Å². The third kappa shape index (κ3) is 2.92. The summed E-state index contributed by atoms with van der Waals surface area (Å²) in [6.07, 6.45) is 0. The molecule has 3 N–H and O–H groups in total. The third-order valence-electron chi connectivity index (χ3n) is 0.942. The Labute approximate surface area is 48.7 Å². The van der Waals surface area contributed by atoms with Crippen LogP contribution in [-0.4, -0.2) is 29.8 Å². The van der Waals surface area contributed by atoms with Gasteiger partial charge in [0.15, 0.2) is 0 Å². The van der Waals surface area contributed by atoms with E-state index in [1.807, 2.05) is 6.92 Å². The summed E-state index contributed by atoms with van der Waals surface area (Å²) in [5.74, 6) is 0.